The van der Waals surface area contributed by atoms with Crippen molar-refractivity contribution < 1.29 is 58.2 Å². The van der Waals surface area contributed by atoms with Gasteiger partial charge in [0.1, 0.15) is 18.8 Å². The van der Waals surface area contributed by atoms with E-state index < -0.39 is 67.3 Å². The summed E-state index contributed by atoms with van der Waals surface area (Å²) in [6.07, 6.45) is 70.0. The van der Waals surface area contributed by atoms with E-state index in [-0.39, 0.29) is 25.9 Å². The van der Waals surface area contributed by atoms with Gasteiger partial charge in [0.25, 0.3) is 0 Å². The molecule has 1 aliphatic rings. The average molecular weight is 1190 g/mol. The molecular weight excluding hydrogens is 1070 g/mol. The second-order valence-electron chi connectivity index (χ2n) is 22.4. The van der Waals surface area contributed by atoms with Gasteiger partial charge in [-0.25, -0.2) is 4.79 Å². The maximum Gasteiger partial charge on any atom is 0.335 e. The molecule has 6 atom stereocenters. The third-order valence-electron chi connectivity index (χ3n) is 14.5. The number of esters is 3. The Morgan fingerprint density at radius 2 is 0.741 bits per heavy atom. The zero-order valence-corrected chi connectivity index (χ0v) is 53.3. The maximum absolute atomic E-state index is 13.2. The zero-order chi connectivity index (χ0) is 61.7. The van der Waals surface area contributed by atoms with Gasteiger partial charge in [-0.2, -0.15) is 0 Å². The fourth-order valence-electron chi connectivity index (χ4n) is 9.37. The normalized spacial score (nSPS) is 18.2. The summed E-state index contributed by atoms with van der Waals surface area (Å²) in [7, 11) is 0. The maximum atomic E-state index is 13.2. The molecular formula is C73H118O12. The first kappa shape index (κ1) is 78.1. The number of carboxylic acids is 1. The van der Waals surface area contributed by atoms with Crippen LogP contribution in [0.1, 0.15) is 265 Å². The molecule has 0 aromatic carbocycles. The minimum atomic E-state index is -1.92. The van der Waals surface area contributed by atoms with Crippen LogP contribution in [0, 0.1) is 0 Å². The standard InChI is InChI=1S/C73H118O12/c1-4-7-10-13-16-19-22-25-28-31-33-36-38-41-44-47-50-53-56-59-65(74)81-62-64(83-66(75)60-57-54-51-48-45-42-39-35-30-27-24-21-18-15-12-9-6-3)63-82-73-71(69(78)68(77)70(85-73)72(79)80)84-67(76)61-58-55-52-49-46-43-40-37-34-32-29-26-23-20-17-14-11-8-5-2/h7,10,16-21,25-30,33-34,36-37,41,44,64,68-71,73,77-78H,4-6,8-9,11-15,22-24,31-32,35,38-40,42-43,45-63H2,1-3H3,(H,79,80)/b10-7-,19-16-,20-17-,21-18-,28-25-,29-26-,30-27-,36-33-,37-34-,44-41-. The van der Waals surface area contributed by atoms with Crippen LogP contribution in [0.2, 0.25) is 0 Å². The van der Waals surface area contributed by atoms with E-state index in [2.05, 4.69) is 142 Å². The third-order valence-corrected chi connectivity index (χ3v) is 14.5. The molecule has 1 heterocycles. The van der Waals surface area contributed by atoms with E-state index in [0.717, 1.165) is 167 Å². The van der Waals surface area contributed by atoms with Gasteiger partial charge < -0.3 is 39.0 Å². The zero-order valence-electron chi connectivity index (χ0n) is 53.3. The Labute approximate surface area is 516 Å². The number of carbonyl (C=O) groups excluding carboxylic acids is 3. The smallest absolute Gasteiger partial charge is 0.335 e. The quantitative estimate of drug-likeness (QED) is 0.0228. The molecule has 0 aromatic heterocycles. The minimum absolute atomic E-state index is 0.0358. The summed E-state index contributed by atoms with van der Waals surface area (Å²) in [4.78, 5) is 51.4. The first-order valence-corrected chi connectivity index (χ1v) is 33.5. The van der Waals surface area contributed by atoms with Crippen molar-refractivity contribution in [3.05, 3.63) is 122 Å². The highest BCUT2D eigenvalue weighted by molar-refractivity contribution is 5.74. The second-order valence-corrected chi connectivity index (χ2v) is 22.4. The fourth-order valence-corrected chi connectivity index (χ4v) is 9.37. The number of unbranched alkanes of at least 4 members (excludes halogenated alkanes) is 22. The first-order valence-electron chi connectivity index (χ1n) is 33.5. The van der Waals surface area contributed by atoms with Crippen LogP contribution >= 0.6 is 0 Å². The van der Waals surface area contributed by atoms with Crippen molar-refractivity contribution in [1.29, 1.82) is 0 Å². The predicted octanol–water partition coefficient (Wildman–Crippen LogP) is 18.3. The monoisotopic (exact) mass is 1190 g/mol. The molecule has 85 heavy (non-hydrogen) atoms. The molecule has 1 aliphatic heterocycles. The van der Waals surface area contributed by atoms with E-state index >= 15 is 0 Å². The SMILES string of the molecule is CC/C=C\C/C=C\C/C=C\C/C=C\C/C=C\CCCCCC(=O)OCC(COC1OC(C(=O)O)C(O)C(O)C1OC(=O)CCCCCCCC/C=C\C/C=C\C/C=C\CCCCC)OC(=O)CCCCCCCCC/C=C\C/C=C\CCCCC. The summed E-state index contributed by atoms with van der Waals surface area (Å²) in [5.74, 6) is -3.20. The van der Waals surface area contributed by atoms with Crippen LogP contribution in [0.15, 0.2) is 122 Å². The number of aliphatic hydroxyl groups excluding tert-OH is 2. The van der Waals surface area contributed by atoms with Crippen LogP contribution in [-0.4, -0.2) is 89.2 Å². The topological polar surface area (TPSA) is 175 Å². The Kier molecular flexibility index (Phi) is 54.6. The molecule has 0 amide bonds. The van der Waals surface area contributed by atoms with Crippen molar-refractivity contribution in [2.75, 3.05) is 13.2 Å². The van der Waals surface area contributed by atoms with Crippen molar-refractivity contribution in [1.82, 2.24) is 0 Å². The van der Waals surface area contributed by atoms with Gasteiger partial charge in [0.15, 0.2) is 24.6 Å². The Bertz CT molecular complexity index is 1940. The van der Waals surface area contributed by atoms with Crippen molar-refractivity contribution in [3.8, 4) is 0 Å². The van der Waals surface area contributed by atoms with Gasteiger partial charge in [-0.15, -0.1) is 0 Å². The van der Waals surface area contributed by atoms with Crippen LogP contribution in [0.3, 0.4) is 0 Å². The number of ether oxygens (including phenoxy) is 5. The molecule has 0 aromatic rings. The Balaban J connectivity index is 2.70. The molecule has 1 saturated heterocycles. The molecule has 1 fully saturated rings. The van der Waals surface area contributed by atoms with Crippen molar-refractivity contribution >= 4 is 23.9 Å². The van der Waals surface area contributed by atoms with Crippen LogP contribution in [-0.2, 0) is 42.9 Å². The molecule has 6 unspecified atom stereocenters. The summed E-state index contributed by atoms with van der Waals surface area (Å²) < 4.78 is 28.5. The number of hydrogen-bond donors (Lipinski definition) is 3. The van der Waals surface area contributed by atoms with E-state index in [9.17, 15) is 34.5 Å². The highest BCUT2D eigenvalue weighted by atomic mass is 16.7. The molecule has 0 bridgehead atoms. The lowest BCUT2D eigenvalue weighted by Crippen LogP contribution is -2.61. The van der Waals surface area contributed by atoms with Gasteiger partial charge in [0, 0.05) is 19.3 Å². The van der Waals surface area contributed by atoms with Crippen LogP contribution < -0.4 is 0 Å². The number of carboxylic acid groups (broad SMARTS) is 1. The number of rotatable bonds is 56. The lowest BCUT2D eigenvalue weighted by atomic mass is 9.98. The van der Waals surface area contributed by atoms with Gasteiger partial charge >= 0.3 is 23.9 Å². The molecule has 0 radical (unpaired) electrons. The van der Waals surface area contributed by atoms with E-state index in [1.807, 2.05) is 0 Å². The number of hydrogen-bond acceptors (Lipinski definition) is 11. The van der Waals surface area contributed by atoms with Gasteiger partial charge in [-0.1, -0.05) is 232 Å². The molecule has 3 N–H and O–H groups in total. The Morgan fingerprint density at radius 1 is 0.400 bits per heavy atom. The first-order chi connectivity index (χ1) is 41.6. The number of aliphatic carboxylic acids is 1. The highest BCUT2D eigenvalue weighted by Crippen LogP contribution is 2.26. The van der Waals surface area contributed by atoms with Crippen LogP contribution in [0.25, 0.3) is 0 Å². The summed E-state index contributed by atoms with van der Waals surface area (Å²) in [5, 5.41) is 31.6. The minimum Gasteiger partial charge on any atom is -0.479 e. The van der Waals surface area contributed by atoms with Crippen molar-refractivity contribution in [2.45, 2.75) is 302 Å². The molecule has 0 saturated carbocycles. The molecule has 0 spiro atoms. The summed E-state index contributed by atoms with van der Waals surface area (Å²) in [6.45, 7) is 5.81. The van der Waals surface area contributed by atoms with Gasteiger partial charge in [-0.05, 0) is 135 Å². The fraction of sp³-hybridized carbons (Fsp3) is 0.671. The lowest BCUT2D eigenvalue weighted by Gasteiger charge is -2.40. The van der Waals surface area contributed by atoms with Gasteiger partial charge in [0.05, 0.1) is 6.61 Å². The number of aliphatic hydroxyl groups is 2. The number of carbonyl (C=O) groups is 4. The molecule has 0 aliphatic carbocycles. The highest BCUT2D eigenvalue weighted by Gasteiger charge is 2.50. The molecule has 482 valence electrons. The second kappa shape index (κ2) is 59.5. The van der Waals surface area contributed by atoms with Crippen molar-refractivity contribution in [2.24, 2.45) is 0 Å². The molecule has 12 heteroatoms. The van der Waals surface area contributed by atoms with E-state index in [1.54, 1.807) is 0 Å². The van der Waals surface area contributed by atoms with E-state index in [0.29, 0.717) is 19.3 Å². The Morgan fingerprint density at radius 3 is 1.14 bits per heavy atom. The van der Waals surface area contributed by atoms with Crippen molar-refractivity contribution in [3.63, 3.8) is 0 Å². The predicted molar refractivity (Wildman–Crippen MR) is 349 cm³/mol. The van der Waals surface area contributed by atoms with E-state index in [1.165, 1.54) is 38.5 Å². The Hall–Kier alpha value is -4.88. The van der Waals surface area contributed by atoms with Crippen LogP contribution in [0.4, 0.5) is 0 Å². The largest absolute Gasteiger partial charge is 0.479 e. The number of allylic oxidation sites excluding steroid dienone is 20. The third kappa shape index (κ3) is 48.9. The summed E-state index contributed by atoms with van der Waals surface area (Å²) in [5.41, 5.74) is 0. The lowest BCUT2D eigenvalue weighted by molar-refractivity contribution is -0.301. The van der Waals surface area contributed by atoms with Crippen LogP contribution in [0.5, 0.6) is 0 Å². The summed E-state index contributed by atoms with van der Waals surface area (Å²) >= 11 is 0. The molecule has 12 nitrogen and oxygen atoms in total. The van der Waals surface area contributed by atoms with Gasteiger partial charge in [-0.3, -0.25) is 14.4 Å². The molecule has 1 rings (SSSR count). The van der Waals surface area contributed by atoms with Gasteiger partial charge in [0.2, 0.25) is 0 Å². The van der Waals surface area contributed by atoms with E-state index in [4.69, 9.17) is 23.7 Å². The average Bonchev–Trinajstić information content (AvgIpc) is 3.51. The summed E-state index contributed by atoms with van der Waals surface area (Å²) in [6, 6.07) is 0.